The molecule has 0 N–H and O–H groups in total. The lowest BCUT2D eigenvalue weighted by Gasteiger charge is -2.17. The van der Waals surface area contributed by atoms with Crippen LogP contribution in [0.2, 0.25) is 0 Å². The quantitative estimate of drug-likeness (QED) is 0.696. The summed E-state index contributed by atoms with van der Waals surface area (Å²) in [4.78, 5) is 14.6. The third-order valence-corrected chi connectivity index (χ3v) is 4.11. The van der Waals surface area contributed by atoms with Crippen LogP contribution >= 0.6 is 0 Å². The summed E-state index contributed by atoms with van der Waals surface area (Å²) in [5.41, 5.74) is 0. The van der Waals surface area contributed by atoms with Gasteiger partial charge in [-0.15, -0.1) is 0 Å². The van der Waals surface area contributed by atoms with E-state index in [2.05, 4.69) is 11.9 Å². The highest BCUT2D eigenvalue weighted by Gasteiger charge is 2.29. The number of ketones is 1. The molecule has 0 bridgehead atoms. The molecule has 1 heterocycles. The minimum atomic E-state index is 0.387. The maximum atomic E-state index is 12.2. The molecule has 0 spiro atoms. The lowest BCUT2D eigenvalue weighted by atomic mass is 9.87. The largest absolute Gasteiger partial charge is 0.306 e. The third kappa shape index (κ3) is 2.81. The normalized spacial score (nSPS) is 30.3. The maximum Gasteiger partial charge on any atom is 0.139 e. The molecule has 0 aromatic heterocycles. The van der Waals surface area contributed by atoms with Gasteiger partial charge in [-0.1, -0.05) is 12.8 Å². The molecule has 1 unspecified atom stereocenters. The van der Waals surface area contributed by atoms with Gasteiger partial charge in [0.1, 0.15) is 5.78 Å². The summed E-state index contributed by atoms with van der Waals surface area (Å²) in [5, 5.41) is 0. The van der Waals surface area contributed by atoms with E-state index < -0.39 is 0 Å². The molecule has 2 fully saturated rings. The van der Waals surface area contributed by atoms with E-state index in [9.17, 15) is 4.79 Å². The van der Waals surface area contributed by atoms with Crippen LogP contribution in [0.25, 0.3) is 0 Å². The van der Waals surface area contributed by atoms with E-state index in [-0.39, 0.29) is 0 Å². The van der Waals surface area contributed by atoms with E-state index in [4.69, 9.17) is 0 Å². The number of carbonyl (C=O) groups excluding carboxylic acids is 1. The molecule has 86 valence electrons. The Labute approximate surface area is 93.0 Å². The Morgan fingerprint density at radius 3 is 2.27 bits per heavy atom. The molecule has 1 atom stereocenters. The molecule has 0 amide bonds. The van der Waals surface area contributed by atoms with Gasteiger partial charge in [0.15, 0.2) is 0 Å². The number of Topliss-reactive ketones (excluding diaryl/α,β-unsaturated/α-hetero) is 1. The average molecular weight is 209 g/mol. The van der Waals surface area contributed by atoms with Crippen molar-refractivity contribution in [1.82, 2.24) is 4.90 Å². The van der Waals surface area contributed by atoms with Crippen molar-refractivity contribution in [2.24, 2.45) is 11.8 Å². The molecule has 1 aliphatic heterocycles. The highest BCUT2D eigenvalue weighted by Crippen LogP contribution is 2.31. The van der Waals surface area contributed by atoms with Gasteiger partial charge in [0.05, 0.1) is 0 Å². The summed E-state index contributed by atoms with van der Waals surface area (Å²) in [6.45, 7) is 2.29. The van der Waals surface area contributed by atoms with Crippen molar-refractivity contribution in [3.8, 4) is 0 Å². The molecule has 15 heavy (non-hydrogen) atoms. The number of hydrogen-bond acceptors (Lipinski definition) is 2. The van der Waals surface area contributed by atoms with Gasteiger partial charge in [0.25, 0.3) is 0 Å². The second-order valence-electron chi connectivity index (χ2n) is 5.31. The number of carbonyl (C=O) groups is 1. The van der Waals surface area contributed by atoms with Gasteiger partial charge in [-0.3, -0.25) is 4.79 Å². The Kier molecular flexibility index (Phi) is 3.79. The standard InChI is InChI=1S/C13H23NO/c1-14-9-4-7-12(8-10-14)13(15)11-5-2-3-6-11/h11-12H,2-10H2,1H3. The monoisotopic (exact) mass is 209 g/mol. The summed E-state index contributed by atoms with van der Waals surface area (Å²) < 4.78 is 0. The Morgan fingerprint density at radius 2 is 1.53 bits per heavy atom. The molecular formula is C13H23NO. The minimum Gasteiger partial charge on any atom is -0.306 e. The van der Waals surface area contributed by atoms with Crippen molar-refractivity contribution in [2.75, 3.05) is 20.1 Å². The SMILES string of the molecule is CN1CCCC(C(=O)C2CCCC2)CC1. The van der Waals surface area contributed by atoms with E-state index in [0.29, 0.717) is 17.6 Å². The van der Waals surface area contributed by atoms with Crippen LogP contribution in [0.4, 0.5) is 0 Å². The Hall–Kier alpha value is -0.370. The molecule has 0 aromatic carbocycles. The van der Waals surface area contributed by atoms with Crippen LogP contribution in [0.3, 0.4) is 0 Å². The predicted octanol–water partition coefficient (Wildman–Crippen LogP) is 2.48. The van der Waals surface area contributed by atoms with Crippen molar-refractivity contribution in [3.05, 3.63) is 0 Å². The summed E-state index contributed by atoms with van der Waals surface area (Å²) >= 11 is 0. The zero-order chi connectivity index (χ0) is 10.7. The van der Waals surface area contributed by atoms with E-state index in [1.54, 1.807) is 0 Å². The summed E-state index contributed by atoms with van der Waals surface area (Å²) in [6.07, 6.45) is 8.35. The highest BCUT2D eigenvalue weighted by molar-refractivity contribution is 5.83. The lowest BCUT2D eigenvalue weighted by molar-refractivity contribution is -0.127. The fraction of sp³-hybridized carbons (Fsp3) is 0.923. The highest BCUT2D eigenvalue weighted by atomic mass is 16.1. The van der Waals surface area contributed by atoms with Crippen LogP contribution in [0.5, 0.6) is 0 Å². The number of rotatable bonds is 2. The van der Waals surface area contributed by atoms with Crippen LogP contribution in [-0.2, 0) is 4.79 Å². The Balaban J connectivity index is 1.88. The summed E-state index contributed by atoms with van der Waals surface area (Å²) in [6, 6.07) is 0. The van der Waals surface area contributed by atoms with Crippen LogP contribution in [0, 0.1) is 11.8 Å². The van der Waals surface area contributed by atoms with E-state index >= 15 is 0 Å². The Bertz CT molecular complexity index is 221. The smallest absolute Gasteiger partial charge is 0.139 e. The van der Waals surface area contributed by atoms with Crippen LogP contribution in [0.1, 0.15) is 44.9 Å². The maximum absolute atomic E-state index is 12.2. The zero-order valence-corrected chi connectivity index (χ0v) is 9.87. The molecule has 2 heteroatoms. The molecule has 2 nitrogen and oxygen atoms in total. The van der Waals surface area contributed by atoms with Gasteiger partial charge in [0.2, 0.25) is 0 Å². The second kappa shape index (κ2) is 5.11. The van der Waals surface area contributed by atoms with Gasteiger partial charge < -0.3 is 4.90 Å². The first kappa shape index (κ1) is 11.1. The van der Waals surface area contributed by atoms with Crippen LogP contribution in [0.15, 0.2) is 0 Å². The van der Waals surface area contributed by atoms with Crippen molar-refractivity contribution >= 4 is 5.78 Å². The van der Waals surface area contributed by atoms with Crippen molar-refractivity contribution in [3.63, 3.8) is 0 Å². The first-order valence-electron chi connectivity index (χ1n) is 6.49. The van der Waals surface area contributed by atoms with E-state index in [0.717, 1.165) is 19.4 Å². The van der Waals surface area contributed by atoms with Gasteiger partial charge >= 0.3 is 0 Å². The number of likely N-dealkylation sites (tertiary alicyclic amines) is 1. The van der Waals surface area contributed by atoms with Crippen LogP contribution in [-0.4, -0.2) is 30.8 Å². The summed E-state index contributed by atoms with van der Waals surface area (Å²) in [7, 11) is 2.17. The van der Waals surface area contributed by atoms with Crippen LogP contribution < -0.4 is 0 Å². The number of nitrogens with zero attached hydrogens (tertiary/aromatic N) is 1. The average Bonchev–Trinajstić information content (AvgIpc) is 2.67. The fourth-order valence-corrected chi connectivity index (χ4v) is 3.07. The molecule has 2 rings (SSSR count). The molecule has 1 saturated heterocycles. The van der Waals surface area contributed by atoms with Gasteiger partial charge in [-0.2, -0.15) is 0 Å². The molecule has 0 radical (unpaired) electrons. The van der Waals surface area contributed by atoms with Gasteiger partial charge in [0, 0.05) is 11.8 Å². The van der Waals surface area contributed by atoms with Gasteiger partial charge in [-0.25, -0.2) is 0 Å². The molecular weight excluding hydrogens is 186 g/mol. The van der Waals surface area contributed by atoms with Gasteiger partial charge in [-0.05, 0) is 52.2 Å². The van der Waals surface area contributed by atoms with E-state index in [1.165, 1.54) is 38.6 Å². The lowest BCUT2D eigenvalue weighted by Crippen LogP contribution is -2.24. The summed E-state index contributed by atoms with van der Waals surface area (Å²) in [5.74, 6) is 1.42. The third-order valence-electron chi connectivity index (χ3n) is 4.11. The predicted molar refractivity (Wildman–Crippen MR) is 61.8 cm³/mol. The fourth-order valence-electron chi connectivity index (χ4n) is 3.07. The molecule has 2 aliphatic rings. The van der Waals surface area contributed by atoms with E-state index in [1.807, 2.05) is 0 Å². The van der Waals surface area contributed by atoms with Crippen molar-refractivity contribution in [2.45, 2.75) is 44.9 Å². The first-order chi connectivity index (χ1) is 7.27. The second-order valence-corrected chi connectivity index (χ2v) is 5.31. The number of hydrogen-bond donors (Lipinski definition) is 0. The molecule has 0 aromatic rings. The molecule has 1 saturated carbocycles. The van der Waals surface area contributed by atoms with Crippen molar-refractivity contribution < 1.29 is 4.79 Å². The minimum absolute atomic E-state index is 0.387. The Morgan fingerprint density at radius 1 is 0.933 bits per heavy atom. The van der Waals surface area contributed by atoms with Crippen molar-refractivity contribution in [1.29, 1.82) is 0 Å². The molecule has 1 aliphatic carbocycles. The topological polar surface area (TPSA) is 20.3 Å². The first-order valence-corrected chi connectivity index (χ1v) is 6.49. The zero-order valence-electron chi connectivity index (χ0n) is 9.87.